The number of alkyl halides is 3. The van der Waals surface area contributed by atoms with E-state index in [0.717, 1.165) is 6.07 Å². The van der Waals surface area contributed by atoms with E-state index < -0.39 is 40.1 Å². The summed E-state index contributed by atoms with van der Waals surface area (Å²) in [6, 6.07) is 7.34. The van der Waals surface area contributed by atoms with Crippen molar-refractivity contribution in [3.05, 3.63) is 53.8 Å². The van der Waals surface area contributed by atoms with Gasteiger partial charge in [0.15, 0.2) is 6.61 Å². The summed E-state index contributed by atoms with van der Waals surface area (Å²) in [7, 11) is -3.64. The Kier molecular flexibility index (Phi) is 7.20. The normalized spacial score (nSPS) is 11.9. The monoisotopic (exact) mass is 434 g/mol. The molecule has 2 aromatic rings. The van der Waals surface area contributed by atoms with E-state index in [9.17, 15) is 30.8 Å². The molecule has 2 aromatic carbocycles. The van der Waals surface area contributed by atoms with E-state index >= 15 is 0 Å². The number of ether oxygens (including phenoxy) is 1. The van der Waals surface area contributed by atoms with Gasteiger partial charge in [0.1, 0.15) is 11.6 Å². The molecule has 0 unspecified atom stereocenters. The van der Waals surface area contributed by atoms with Crippen LogP contribution in [0.5, 0.6) is 5.75 Å². The summed E-state index contributed by atoms with van der Waals surface area (Å²) >= 11 is 0. The molecule has 0 aliphatic rings. The maximum Gasteiger partial charge on any atom is 0.419 e. The topological polar surface area (TPSA) is 84.5 Å². The molecule has 0 aromatic heterocycles. The Morgan fingerprint density at radius 3 is 2.34 bits per heavy atom. The number of anilines is 1. The van der Waals surface area contributed by atoms with E-state index in [0.29, 0.717) is 25.1 Å². The number of nitrogens with one attached hydrogen (secondary N) is 2. The van der Waals surface area contributed by atoms with Crippen LogP contribution in [0.2, 0.25) is 0 Å². The van der Waals surface area contributed by atoms with Gasteiger partial charge in [0, 0.05) is 12.2 Å². The number of carbonyl (C=O) groups is 1. The number of hydrogen-bond acceptors (Lipinski definition) is 4. The molecular formula is C18H18F4N2O4S. The van der Waals surface area contributed by atoms with Gasteiger partial charge >= 0.3 is 6.18 Å². The van der Waals surface area contributed by atoms with Gasteiger partial charge in [-0.25, -0.2) is 17.5 Å². The molecular weight excluding hydrogens is 416 g/mol. The molecule has 0 bridgehead atoms. The van der Waals surface area contributed by atoms with Gasteiger partial charge in [0.05, 0.1) is 10.5 Å². The lowest BCUT2D eigenvalue weighted by atomic mass is 10.2. The number of halogens is 4. The molecule has 11 heteroatoms. The number of carbonyl (C=O) groups excluding carboxylic acids is 1. The van der Waals surface area contributed by atoms with E-state index in [1.165, 1.54) is 24.3 Å². The minimum absolute atomic E-state index is 0.0220. The van der Waals surface area contributed by atoms with Crippen LogP contribution in [0.15, 0.2) is 47.4 Å². The first kappa shape index (κ1) is 22.6. The van der Waals surface area contributed by atoms with Gasteiger partial charge in [-0.1, -0.05) is 6.92 Å². The lowest BCUT2D eigenvalue weighted by molar-refractivity contribution is -0.140. The first-order chi connectivity index (χ1) is 13.5. The van der Waals surface area contributed by atoms with E-state index in [1.54, 1.807) is 0 Å². The molecule has 1 amide bonds. The molecule has 0 radical (unpaired) electrons. The highest BCUT2D eigenvalue weighted by molar-refractivity contribution is 7.89. The van der Waals surface area contributed by atoms with E-state index in [2.05, 4.69) is 10.0 Å². The highest BCUT2D eigenvalue weighted by Crippen LogP contribution is 2.33. The fourth-order valence-electron chi connectivity index (χ4n) is 2.20. The Hall–Kier alpha value is -2.66. The molecule has 0 aliphatic carbocycles. The van der Waals surface area contributed by atoms with Crippen molar-refractivity contribution in [3.8, 4) is 5.75 Å². The third-order valence-corrected chi connectivity index (χ3v) is 5.08. The van der Waals surface area contributed by atoms with Crippen LogP contribution >= 0.6 is 0 Å². The lowest BCUT2D eigenvalue weighted by Gasteiger charge is -2.12. The fraction of sp³-hybridized carbons (Fsp3) is 0.278. The Morgan fingerprint density at radius 2 is 1.76 bits per heavy atom. The van der Waals surface area contributed by atoms with Crippen LogP contribution in [0.1, 0.15) is 18.9 Å². The second-order valence-electron chi connectivity index (χ2n) is 5.90. The summed E-state index contributed by atoms with van der Waals surface area (Å²) in [4.78, 5) is 11.9. The number of benzene rings is 2. The third-order valence-electron chi connectivity index (χ3n) is 3.60. The number of rotatable bonds is 8. The van der Waals surface area contributed by atoms with E-state index in [-0.39, 0.29) is 16.3 Å². The van der Waals surface area contributed by atoms with Crippen LogP contribution in [0.25, 0.3) is 0 Å². The molecule has 0 saturated heterocycles. The average molecular weight is 434 g/mol. The van der Waals surface area contributed by atoms with Crippen molar-refractivity contribution in [3.63, 3.8) is 0 Å². The van der Waals surface area contributed by atoms with Gasteiger partial charge in [0.25, 0.3) is 5.91 Å². The highest BCUT2D eigenvalue weighted by Gasteiger charge is 2.34. The summed E-state index contributed by atoms with van der Waals surface area (Å²) in [6.07, 6.45) is -4.26. The molecule has 158 valence electrons. The third kappa shape index (κ3) is 6.43. The van der Waals surface area contributed by atoms with Gasteiger partial charge in [-0.05, 0) is 48.9 Å². The van der Waals surface area contributed by atoms with Crippen LogP contribution in [0, 0.1) is 5.82 Å². The molecule has 2 N–H and O–H groups in total. The van der Waals surface area contributed by atoms with Crippen LogP contribution in [-0.2, 0) is 21.0 Å². The van der Waals surface area contributed by atoms with Crippen LogP contribution in [0.3, 0.4) is 0 Å². The van der Waals surface area contributed by atoms with Crippen molar-refractivity contribution in [1.82, 2.24) is 4.72 Å². The molecule has 0 spiro atoms. The maximum absolute atomic E-state index is 13.3. The van der Waals surface area contributed by atoms with E-state index in [4.69, 9.17) is 4.74 Å². The van der Waals surface area contributed by atoms with Crippen molar-refractivity contribution < 1.29 is 35.5 Å². The number of hydrogen-bond donors (Lipinski definition) is 2. The summed E-state index contributed by atoms with van der Waals surface area (Å²) in [5.41, 5.74) is -1.74. The first-order valence-electron chi connectivity index (χ1n) is 8.42. The zero-order valence-electron chi connectivity index (χ0n) is 15.2. The number of amides is 1. The molecule has 2 rings (SSSR count). The van der Waals surface area contributed by atoms with Gasteiger partial charge in [-0.15, -0.1) is 0 Å². The van der Waals surface area contributed by atoms with Gasteiger partial charge in [-0.3, -0.25) is 4.79 Å². The Balaban J connectivity index is 1.96. The van der Waals surface area contributed by atoms with Gasteiger partial charge in [-0.2, -0.15) is 13.2 Å². The minimum atomic E-state index is -4.89. The predicted octanol–water partition coefficient (Wildman–Crippen LogP) is 3.55. The smallest absolute Gasteiger partial charge is 0.419 e. The largest absolute Gasteiger partial charge is 0.484 e. The SMILES string of the molecule is CCCNS(=O)(=O)c1ccc(OCC(=O)Nc2ccc(F)c(C(F)(F)F)c2)cc1. The average Bonchev–Trinajstić information content (AvgIpc) is 2.66. The summed E-state index contributed by atoms with van der Waals surface area (Å²) in [5.74, 6) is -2.04. The molecule has 0 fully saturated rings. The zero-order valence-corrected chi connectivity index (χ0v) is 16.0. The molecule has 0 aliphatic heterocycles. The zero-order chi connectivity index (χ0) is 21.7. The first-order valence-corrected chi connectivity index (χ1v) is 9.90. The highest BCUT2D eigenvalue weighted by atomic mass is 32.2. The Morgan fingerprint density at radius 1 is 1.10 bits per heavy atom. The predicted molar refractivity (Wildman–Crippen MR) is 97.4 cm³/mol. The Labute approximate surface area is 164 Å². The van der Waals surface area contributed by atoms with Crippen LogP contribution in [0.4, 0.5) is 23.2 Å². The lowest BCUT2D eigenvalue weighted by Crippen LogP contribution is -2.24. The molecule has 6 nitrogen and oxygen atoms in total. The summed E-state index contributed by atoms with van der Waals surface area (Å²) in [6.45, 7) is 1.57. The van der Waals surface area contributed by atoms with Crippen molar-refractivity contribution in [2.75, 3.05) is 18.5 Å². The van der Waals surface area contributed by atoms with Crippen molar-refractivity contribution in [1.29, 1.82) is 0 Å². The maximum atomic E-state index is 13.3. The fourth-order valence-corrected chi connectivity index (χ4v) is 3.33. The van der Waals surface area contributed by atoms with Gasteiger partial charge < -0.3 is 10.1 Å². The van der Waals surface area contributed by atoms with Gasteiger partial charge in [0.2, 0.25) is 10.0 Å². The quantitative estimate of drug-likeness (QED) is 0.623. The molecule has 29 heavy (non-hydrogen) atoms. The van der Waals surface area contributed by atoms with Crippen LogP contribution < -0.4 is 14.8 Å². The molecule has 0 saturated carbocycles. The summed E-state index contributed by atoms with van der Waals surface area (Å²) in [5, 5.41) is 2.17. The van der Waals surface area contributed by atoms with Crippen molar-refractivity contribution in [2.24, 2.45) is 0 Å². The minimum Gasteiger partial charge on any atom is -0.484 e. The second-order valence-corrected chi connectivity index (χ2v) is 7.67. The molecule has 0 heterocycles. The van der Waals surface area contributed by atoms with E-state index in [1.807, 2.05) is 6.92 Å². The van der Waals surface area contributed by atoms with Crippen LogP contribution in [-0.4, -0.2) is 27.5 Å². The number of sulfonamides is 1. The summed E-state index contributed by atoms with van der Waals surface area (Å²) < 4.78 is 82.9. The molecule has 0 atom stereocenters. The Bertz CT molecular complexity index is 961. The second kappa shape index (κ2) is 9.23. The van der Waals surface area contributed by atoms with Crippen molar-refractivity contribution >= 4 is 21.6 Å². The van der Waals surface area contributed by atoms with Crippen molar-refractivity contribution in [2.45, 2.75) is 24.4 Å². The standard InChI is InChI=1S/C18H18F4N2O4S/c1-2-9-23-29(26,27)14-6-4-13(5-7-14)28-11-17(25)24-12-3-8-16(19)15(10-12)18(20,21)22/h3-8,10,23H,2,9,11H2,1H3,(H,24,25).